The van der Waals surface area contributed by atoms with Gasteiger partial charge in [0.15, 0.2) is 5.82 Å². The van der Waals surface area contributed by atoms with E-state index in [0.29, 0.717) is 23.2 Å². The summed E-state index contributed by atoms with van der Waals surface area (Å²) in [6.07, 6.45) is 3.39. The largest absolute Gasteiger partial charge is 0.261 e. The molecule has 0 bridgehead atoms. The van der Waals surface area contributed by atoms with E-state index in [4.69, 9.17) is 11.6 Å². The summed E-state index contributed by atoms with van der Waals surface area (Å²) in [5.74, 6) is 1.36. The minimum Gasteiger partial charge on any atom is -0.261 e. The van der Waals surface area contributed by atoms with Crippen molar-refractivity contribution >= 4 is 11.6 Å². The van der Waals surface area contributed by atoms with Crippen molar-refractivity contribution in [2.45, 2.75) is 27.3 Å². The molecule has 3 heterocycles. The van der Waals surface area contributed by atoms with Gasteiger partial charge in [0.1, 0.15) is 11.5 Å². The minimum absolute atomic E-state index is 0.566. The average Bonchev–Trinajstić information content (AvgIpc) is 3.01. The molecular weight excluding hydrogens is 288 g/mol. The van der Waals surface area contributed by atoms with Gasteiger partial charge in [0.05, 0.1) is 16.9 Å². The number of hydrogen-bond acceptors (Lipinski definition) is 4. The smallest absolute Gasteiger partial charge is 0.183 e. The second-order valence-electron chi connectivity index (χ2n) is 4.71. The Labute approximate surface area is 127 Å². The van der Waals surface area contributed by atoms with Crippen LogP contribution in [0.25, 0.3) is 17.2 Å². The maximum Gasteiger partial charge on any atom is 0.183 e. The van der Waals surface area contributed by atoms with Crippen LogP contribution in [0.15, 0.2) is 24.5 Å². The zero-order valence-corrected chi connectivity index (χ0v) is 12.8. The lowest BCUT2D eigenvalue weighted by Gasteiger charge is -2.08. The van der Waals surface area contributed by atoms with Gasteiger partial charge in [-0.25, -0.2) is 9.67 Å². The number of rotatable bonds is 3. The van der Waals surface area contributed by atoms with Crippen LogP contribution >= 0.6 is 11.6 Å². The van der Waals surface area contributed by atoms with Crippen LogP contribution in [0.3, 0.4) is 0 Å². The molecule has 3 aromatic rings. The van der Waals surface area contributed by atoms with Crippen molar-refractivity contribution in [1.29, 1.82) is 0 Å². The lowest BCUT2D eigenvalue weighted by Crippen LogP contribution is -2.06. The third-order valence-electron chi connectivity index (χ3n) is 3.14. The first-order valence-corrected chi connectivity index (χ1v) is 7.06. The van der Waals surface area contributed by atoms with Crippen molar-refractivity contribution in [2.24, 2.45) is 0 Å². The molecule has 0 atom stereocenters. The standard InChI is InChI=1S/C14H15ClN6/c1-4-20-13(12(15)8-17-20)14-18-10(3)19-21(14)11-5-6-16-9(2)7-11/h5-8H,4H2,1-3H3. The summed E-state index contributed by atoms with van der Waals surface area (Å²) in [5.41, 5.74) is 2.59. The molecule has 3 rings (SSSR count). The Hall–Kier alpha value is -2.21. The average molecular weight is 303 g/mol. The number of hydrogen-bond donors (Lipinski definition) is 0. The second kappa shape index (κ2) is 5.29. The minimum atomic E-state index is 0.566. The van der Waals surface area contributed by atoms with Crippen molar-refractivity contribution in [3.8, 4) is 17.2 Å². The summed E-state index contributed by atoms with van der Waals surface area (Å²) in [7, 11) is 0. The summed E-state index contributed by atoms with van der Waals surface area (Å²) < 4.78 is 3.59. The predicted molar refractivity (Wildman–Crippen MR) is 80.5 cm³/mol. The van der Waals surface area contributed by atoms with E-state index in [9.17, 15) is 0 Å². The van der Waals surface area contributed by atoms with Gasteiger partial charge in [-0.05, 0) is 32.9 Å². The first-order valence-electron chi connectivity index (χ1n) is 6.68. The van der Waals surface area contributed by atoms with Crippen molar-refractivity contribution < 1.29 is 0 Å². The number of aryl methyl sites for hydroxylation is 3. The summed E-state index contributed by atoms with van der Waals surface area (Å²) in [4.78, 5) is 8.73. The van der Waals surface area contributed by atoms with E-state index in [2.05, 4.69) is 20.2 Å². The molecule has 0 radical (unpaired) electrons. The molecule has 0 saturated heterocycles. The molecule has 0 spiro atoms. The monoisotopic (exact) mass is 302 g/mol. The van der Waals surface area contributed by atoms with Gasteiger partial charge in [-0.1, -0.05) is 11.6 Å². The lowest BCUT2D eigenvalue weighted by molar-refractivity contribution is 0.661. The molecule has 108 valence electrons. The first-order chi connectivity index (χ1) is 10.1. The van der Waals surface area contributed by atoms with Crippen LogP contribution in [0.2, 0.25) is 5.02 Å². The maximum absolute atomic E-state index is 6.28. The van der Waals surface area contributed by atoms with Gasteiger partial charge in [-0.15, -0.1) is 0 Å². The van der Waals surface area contributed by atoms with Crippen LogP contribution in [0, 0.1) is 13.8 Å². The SMILES string of the molecule is CCn1ncc(Cl)c1-c1nc(C)nn1-c1ccnc(C)c1. The van der Waals surface area contributed by atoms with Crippen LogP contribution in [-0.2, 0) is 6.54 Å². The first kappa shape index (κ1) is 13.8. The Bertz CT molecular complexity index is 789. The van der Waals surface area contributed by atoms with E-state index >= 15 is 0 Å². The maximum atomic E-state index is 6.28. The van der Waals surface area contributed by atoms with Gasteiger partial charge in [0.2, 0.25) is 0 Å². The Balaban J connectivity index is 2.23. The van der Waals surface area contributed by atoms with E-state index in [1.165, 1.54) is 0 Å². The molecule has 6 nitrogen and oxygen atoms in total. The van der Waals surface area contributed by atoms with E-state index < -0.39 is 0 Å². The third-order valence-corrected chi connectivity index (χ3v) is 3.42. The highest BCUT2D eigenvalue weighted by molar-refractivity contribution is 6.32. The van der Waals surface area contributed by atoms with Crippen LogP contribution < -0.4 is 0 Å². The molecule has 0 N–H and O–H groups in total. The number of halogens is 1. The van der Waals surface area contributed by atoms with Crippen LogP contribution in [0.4, 0.5) is 0 Å². The number of aromatic nitrogens is 6. The molecule has 0 amide bonds. The number of nitrogens with zero attached hydrogens (tertiary/aromatic N) is 6. The van der Waals surface area contributed by atoms with E-state index in [1.54, 1.807) is 17.1 Å². The fraction of sp³-hybridized carbons (Fsp3) is 0.286. The molecule has 3 aromatic heterocycles. The van der Waals surface area contributed by atoms with E-state index in [-0.39, 0.29) is 0 Å². The molecule has 0 saturated carbocycles. The molecule has 0 aromatic carbocycles. The van der Waals surface area contributed by atoms with Gasteiger partial charge in [-0.3, -0.25) is 9.67 Å². The van der Waals surface area contributed by atoms with Crippen molar-refractivity contribution in [3.63, 3.8) is 0 Å². The topological polar surface area (TPSA) is 61.4 Å². The molecule has 7 heteroatoms. The van der Waals surface area contributed by atoms with Crippen molar-refractivity contribution in [2.75, 3.05) is 0 Å². The molecule has 0 aliphatic carbocycles. The molecule has 0 fully saturated rings. The summed E-state index contributed by atoms with van der Waals surface area (Å²) in [5, 5.41) is 9.30. The second-order valence-corrected chi connectivity index (χ2v) is 5.11. The number of pyridine rings is 1. The fourth-order valence-corrected chi connectivity index (χ4v) is 2.46. The third kappa shape index (κ3) is 2.42. The predicted octanol–water partition coefficient (Wildman–Crippen LogP) is 2.82. The summed E-state index contributed by atoms with van der Waals surface area (Å²) >= 11 is 6.28. The summed E-state index contributed by atoms with van der Waals surface area (Å²) in [6.45, 7) is 6.52. The molecule has 0 aliphatic rings. The molecule has 21 heavy (non-hydrogen) atoms. The van der Waals surface area contributed by atoms with Gasteiger partial charge in [0.25, 0.3) is 0 Å². The van der Waals surface area contributed by atoms with Gasteiger partial charge in [-0.2, -0.15) is 10.2 Å². The fourth-order valence-electron chi connectivity index (χ4n) is 2.24. The Morgan fingerprint density at radius 1 is 1.29 bits per heavy atom. The van der Waals surface area contributed by atoms with Gasteiger partial charge >= 0.3 is 0 Å². The molecule has 0 unspecified atom stereocenters. The normalized spacial score (nSPS) is 11.0. The van der Waals surface area contributed by atoms with Gasteiger partial charge in [0, 0.05) is 18.4 Å². The Morgan fingerprint density at radius 2 is 2.10 bits per heavy atom. The van der Waals surface area contributed by atoms with Crippen LogP contribution in [-0.4, -0.2) is 29.5 Å². The van der Waals surface area contributed by atoms with E-state index in [0.717, 1.165) is 17.1 Å². The highest BCUT2D eigenvalue weighted by Crippen LogP contribution is 2.28. The highest BCUT2D eigenvalue weighted by atomic mass is 35.5. The highest BCUT2D eigenvalue weighted by Gasteiger charge is 2.19. The zero-order chi connectivity index (χ0) is 15.0. The molecular formula is C14H15ClN6. The summed E-state index contributed by atoms with van der Waals surface area (Å²) in [6, 6.07) is 3.85. The van der Waals surface area contributed by atoms with Crippen molar-refractivity contribution in [3.05, 3.63) is 41.1 Å². The van der Waals surface area contributed by atoms with Crippen molar-refractivity contribution in [1.82, 2.24) is 29.5 Å². The lowest BCUT2D eigenvalue weighted by atomic mass is 10.3. The molecule has 0 aliphatic heterocycles. The zero-order valence-electron chi connectivity index (χ0n) is 12.1. The quantitative estimate of drug-likeness (QED) is 0.746. The van der Waals surface area contributed by atoms with Crippen LogP contribution in [0.1, 0.15) is 18.4 Å². The Morgan fingerprint density at radius 3 is 2.81 bits per heavy atom. The van der Waals surface area contributed by atoms with Gasteiger partial charge < -0.3 is 0 Å². The van der Waals surface area contributed by atoms with Crippen LogP contribution in [0.5, 0.6) is 0 Å². The Kier molecular flexibility index (Phi) is 3.47. The van der Waals surface area contributed by atoms with E-state index in [1.807, 2.05) is 37.6 Å².